The number of carbonyl (C=O) groups is 2. The molecule has 2 N–H and O–H groups in total. The minimum Gasteiger partial charge on any atom is -0.301 e. The first-order valence-corrected chi connectivity index (χ1v) is 10.4. The van der Waals surface area contributed by atoms with Gasteiger partial charge in [0.15, 0.2) is 0 Å². The van der Waals surface area contributed by atoms with E-state index in [2.05, 4.69) is 9.78 Å². The highest BCUT2D eigenvalue weighted by Gasteiger charge is 2.01. The third-order valence-corrected chi connectivity index (χ3v) is 4.72. The van der Waals surface area contributed by atoms with E-state index in [9.17, 15) is 9.59 Å². The van der Waals surface area contributed by atoms with Crippen LogP contribution in [0, 0.1) is 0 Å². The zero-order valence-corrected chi connectivity index (χ0v) is 16.3. The molecule has 0 unspecified atom stereocenters. The quantitative estimate of drug-likeness (QED) is 0.163. The second-order valence-electron chi connectivity index (χ2n) is 7.08. The van der Waals surface area contributed by atoms with E-state index in [1.54, 1.807) is 0 Å². The SMILES string of the molecule is O=C(CCCCCCCCCCCCCCCCCCC(=O)OO)OO. The predicted octanol–water partition coefficient (Wildman–Crippen LogP) is 6.04. The van der Waals surface area contributed by atoms with Crippen molar-refractivity contribution in [2.24, 2.45) is 0 Å². The molecule has 0 radical (unpaired) electrons. The summed E-state index contributed by atoms with van der Waals surface area (Å²) in [4.78, 5) is 28.7. The van der Waals surface area contributed by atoms with Gasteiger partial charge in [-0.3, -0.25) is 0 Å². The molecule has 0 aromatic carbocycles. The third-order valence-electron chi connectivity index (χ3n) is 4.72. The Hall–Kier alpha value is -1.14. The largest absolute Gasteiger partial charge is 0.342 e. The van der Waals surface area contributed by atoms with Crippen molar-refractivity contribution in [2.75, 3.05) is 0 Å². The summed E-state index contributed by atoms with van der Waals surface area (Å²) in [6.07, 6.45) is 19.5. The summed E-state index contributed by atoms with van der Waals surface area (Å²) in [5.41, 5.74) is 0. The second kappa shape index (κ2) is 20.2. The smallest absolute Gasteiger partial charge is 0.301 e. The first kappa shape index (κ1) is 24.9. The maximum absolute atomic E-state index is 10.7. The Labute approximate surface area is 158 Å². The Morgan fingerprint density at radius 3 is 0.808 bits per heavy atom. The summed E-state index contributed by atoms with van der Waals surface area (Å²) >= 11 is 0. The van der Waals surface area contributed by atoms with Crippen molar-refractivity contribution >= 4 is 11.9 Å². The first-order valence-electron chi connectivity index (χ1n) is 10.4. The zero-order valence-electron chi connectivity index (χ0n) is 16.3. The maximum Gasteiger partial charge on any atom is 0.342 e. The Morgan fingerprint density at radius 1 is 0.423 bits per heavy atom. The molecule has 0 aromatic rings. The molecule has 0 atom stereocenters. The summed E-state index contributed by atoms with van der Waals surface area (Å²) < 4.78 is 0. The van der Waals surface area contributed by atoms with E-state index in [0.29, 0.717) is 12.8 Å². The van der Waals surface area contributed by atoms with Crippen LogP contribution in [0.2, 0.25) is 0 Å². The molecule has 0 spiro atoms. The highest BCUT2D eigenvalue weighted by atomic mass is 17.1. The molecule has 0 bridgehead atoms. The van der Waals surface area contributed by atoms with E-state index >= 15 is 0 Å². The molecule has 6 heteroatoms. The van der Waals surface area contributed by atoms with Gasteiger partial charge >= 0.3 is 11.9 Å². The van der Waals surface area contributed by atoms with Crippen LogP contribution in [0.1, 0.15) is 116 Å². The maximum atomic E-state index is 10.7. The standard InChI is InChI=1S/C20H38O6/c21-19(25-23)17-15-13-11-9-7-5-3-1-2-4-6-8-10-12-14-16-18-20(22)26-24/h23-24H,1-18H2. The summed E-state index contributed by atoms with van der Waals surface area (Å²) in [6.45, 7) is 0. The van der Waals surface area contributed by atoms with Crippen LogP contribution in [0.5, 0.6) is 0 Å². The lowest BCUT2D eigenvalue weighted by Crippen LogP contribution is -1.99. The van der Waals surface area contributed by atoms with Crippen molar-refractivity contribution in [3.05, 3.63) is 0 Å². The molecular formula is C20H38O6. The highest BCUT2D eigenvalue weighted by Crippen LogP contribution is 2.14. The van der Waals surface area contributed by atoms with Crippen LogP contribution in [0.4, 0.5) is 0 Å². The molecular weight excluding hydrogens is 336 g/mol. The topological polar surface area (TPSA) is 93.1 Å². The minimum atomic E-state index is -0.533. The lowest BCUT2D eigenvalue weighted by Gasteiger charge is -2.03. The van der Waals surface area contributed by atoms with Crippen molar-refractivity contribution in [1.82, 2.24) is 0 Å². The van der Waals surface area contributed by atoms with E-state index in [0.717, 1.165) is 38.5 Å². The van der Waals surface area contributed by atoms with Crippen molar-refractivity contribution in [1.29, 1.82) is 0 Å². The molecule has 154 valence electrons. The molecule has 0 heterocycles. The van der Waals surface area contributed by atoms with Crippen LogP contribution in [-0.4, -0.2) is 22.5 Å². The van der Waals surface area contributed by atoms with Gasteiger partial charge in [-0.2, -0.15) is 10.5 Å². The van der Waals surface area contributed by atoms with Gasteiger partial charge in [0.05, 0.1) is 0 Å². The summed E-state index contributed by atoms with van der Waals surface area (Å²) in [7, 11) is 0. The van der Waals surface area contributed by atoms with Gasteiger partial charge in [-0.1, -0.05) is 89.9 Å². The van der Waals surface area contributed by atoms with Crippen LogP contribution < -0.4 is 0 Å². The molecule has 0 fully saturated rings. The van der Waals surface area contributed by atoms with Crippen LogP contribution in [0.3, 0.4) is 0 Å². The van der Waals surface area contributed by atoms with Gasteiger partial charge in [0.2, 0.25) is 0 Å². The Morgan fingerprint density at radius 2 is 0.615 bits per heavy atom. The fourth-order valence-corrected chi connectivity index (χ4v) is 3.10. The van der Waals surface area contributed by atoms with Crippen molar-refractivity contribution < 1.29 is 29.9 Å². The lowest BCUT2D eigenvalue weighted by atomic mass is 10.0. The van der Waals surface area contributed by atoms with E-state index < -0.39 is 11.9 Å². The fraction of sp³-hybridized carbons (Fsp3) is 0.900. The third kappa shape index (κ3) is 19.2. The van der Waals surface area contributed by atoms with E-state index in [1.165, 1.54) is 64.2 Å². The minimum absolute atomic E-state index is 0.314. The normalized spacial score (nSPS) is 10.7. The van der Waals surface area contributed by atoms with Crippen molar-refractivity contribution in [2.45, 2.75) is 116 Å². The Kier molecular flexibility index (Phi) is 19.3. The van der Waals surface area contributed by atoms with Crippen LogP contribution in [0.15, 0.2) is 0 Å². The number of hydrogen-bond acceptors (Lipinski definition) is 6. The summed E-state index contributed by atoms with van der Waals surface area (Å²) in [5, 5.41) is 16.2. The Balaban J connectivity index is 3.05. The van der Waals surface area contributed by atoms with Gasteiger partial charge in [0.25, 0.3) is 0 Å². The molecule has 0 rings (SSSR count). The first-order chi connectivity index (χ1) is 12.7. The fourth-order valence-electron chi connectivity index (χ4n) is 3.10. The van der Waals surface area contributed by atoms with Gasteiger partial charge in [0, 0.05) is 12.8 Å². The van der Waals surface area contributed by atoms with Crippen LogP contribution in [-0.2, 0) is 19.4 Å². The van der Waals surface area contributed by atoms with Crippen LogP contribution in [0.25, 0.3) is 0 Å². The molecule has 0 aliphatic rings. The van der Waals surface area contributed by atoms with Crippen molar-refractivity contribution in [3.8, 4) is 0 Å². The molecule has 0 saturated heterocycles. The van der Waals surface area contributed by atoms with E-state index in [4.69, 9.17) is 10.5 Å². The number of rotatable bonds is 19. The number of hydrogen-bond donors (Lipinski definition) is 2. The number of unbranched alkanes of at least 4 members (excludes halogenated alkanes) is 15. The van der Waals surface area contributed by atoms with E-state index in [1.807, 2.05) is 0 Å². The molecule has 26 heavy (non-hydrogen) atoms. The highest BCUT2D eigenvalue weighted by molar-refractivity contribution is 5.68. The molecule has 0 amide bonds. The average Bonchev–Trinajstić information content (AvgIpc) is 2.66. The van der Waals surface area contributed by atoms with Gasteiger partial charge < -0.3 is 9.78 Å². The lowest BCUT2D eigenvalue weighted by molar-refractivity contribution is -0.234. The van der Waals surface area contributed by atoms with Gasteiger partial charge in [0.1, 0.15) is 0 Å². The van der Waals surface area contributed by atoms with Gasteiger partial charge in [-0.25, -0.2) is 9.59 Å². The predicted molar refractivity (Wildman–Crippen MR) is 101 cm³/mol. The monoisotopic (exact) mass is 374 g/mol. The molecule has 0 aliphatic heterocycles. The van der Waals surface area contributed by atoms with Gasteiger partial charge in [-0.05, 0) is 12.8 Å². The average molecular weight is 375 g/mol. The molecule has 0 aliphatic carbocycles. The molecule has 6 nitrogen and oxygen atoms in total. The van der Waals surface area contributed by atoms with Gasteiger partial charge in [-0.15, -0.1) is 0 Å². The summed E-state index contributed by atoms with van der Waals surface area (Å²) in [5.74, 6) is -1.07. The van der Waals surface area contributed by atoms with Crippen LogP contribution >= 0.6 is 0 Å². The summed E-state index contributed by atoms with van der Waals surface area (Å²) in [6, 6.07) is 0. The van der Waals surface area contributed by atoms with Crippen molar-refractivity contribution in [3.63, 3.8) is 0 Å². The zero-order chi connectivity index (χ0) is 19.3. The van der Waals surface area contributed by atoms with E-state index in [-0.39, 0.29) is 0 Å². The Bertz CT molecular complexity index is 300. The molecule has 0 saturated carbocycles. The molecule has 0 aromatic heterocycles. The number of carbonyl (C=O) groups excluding carboxylic acids is 2. The second-order valence-corrected chi connectivity index (χ2v) is 7.08.